The molecule has 1 fully saturated rings. The summed E-state index contributed by atoms with van der Waals surface area (Å²) >= 11 is 0. The molecule has 1 aliphatic heterocycles. The third-order valence-electron chi connectivity index (χ3n) is 4.07. The summed E-state index contributed by atoms with van der Waals surface area (Å²) in [5.74, 6) is 0.613. The van der Waals surface area contributed by atoms with E-state index in [9.17, 15) is 4.21 Å². The summed E-state index contributed by atoms with van der Waals surface area (Å²) in [5, 5.41) is -0.0494. The van der Waals surface area contributed by atoms with Crippen molar-refractivity contribution in [2.24, 2.45) is 5.73 Å². The van der Waals surface area contributed by atoms with Gasteiger partial charge in [-0.1, -0.05) is 31.2 Å². The maximum absolute atomic E-state index is 12.4. The molecular formula is C16H25NO2S. The number of ether oxygens (including phenoxy) is 1. The van der Waals surface area contributed by atoms with Gasteiger partial charge in [-0.05, 0) is 37.3 Å². The van der Waals surface area contributed by atoms with Crippen molar-refractivity contribution in [3.63, 3.8) is 0 Å². The second-order valence-corrected chi connectivity index (χ2v) is 7.35. The van der Waals surface area contributed by atoms with Gasteiger partial charge in [0.15, 0.2) is 0 Å². The Labute approximate surface area is 124 Å². The van der Waals surface area contributed by atoms with Crippen molar-refractivity contribution in [2.75, 3.05) is 12.4 Å². The molecule has 112 valence electrons. The summed E-state index contributed by atoms with van der Waals surface area (Å²) in [6, 6.07) is 8.14. The van der Waals surface area contributed by atoms with Gasteiger partial charge in [0.25, 0.3) is 0 Å². The van der Waals surface area contributed by atoms with Gasteiger partial charge < -0.3 is 10.5 Å². The number of nitrogens with two attached hydrogens (primary N) is 1. The first kappa shape index (κ1) is 15.7. The second kappa shape index (κ2) is 7.34. The van der Waals surface area contributed by atoms with Crippen molar-refractivity contribution >= 4 is 10.8 Å². The molecule has 4 atom stereocenters. The summed E-state index contributed by atoms with van der Waals surface area (Å²) < 4.78 is 17.9. The van der Waals surface area contributed by atoms with E-state index in [2.05, 4.69) is 31.2 Å². The molecule has 3 nitrogen and oxygen atoms in total. The third-order valence-corrected chi connectivity index (χ3v) is 5.89. The summed E-state index contributed by atoms with van der Waals surface area (Å²) in [6.07, 6.45) is 3.29. The van der Waals surface area contributed by atoms with Crippen LogP contribution in [0.15, 0.2) is 24.3 Å². The molecular weight excluding hydrogens is 270 g/mol. The fraction of sp³-hybridized carbons (Fsp3) is 0.625. The smallest absolute Gasteiger partial charge is 0.0691 e. The summed E-state index contributed by atoms with van der Waals surface area (Å²) in [5.41, 5.74) is 8.64. The van der Waals surface area contributed by atoms with Gasteiger partial charge in [0, 0.05) is 23.4 Å². The average Bonchev–Trinajstić information content (AvgIpc) is 2.98. The summed E-state index contributed by atoms with van der Waals surface area (Å²) in [7, 11) is -0.942. The van der Waals surface area contributed by atoms with Gasteiger partial charge in [0.2, 0.25) is 0 Å². The molecule has 2 rings (SSSR count). The van der Waals surface area contributed by atoms with Gasteiger partial charge in [-0.25, -0.2) is 0 Å². The van der Waals surface area contributed by atoms with Crippen molar-refractivity contribution in [3.05, 3.63) is 35.4 Å². The van der Waals surface area contributed by atoms with Gasteiger partial charge in [-0.2, -0.15) is 0 Å². The molecule has 4 heteroatoms. The van der Waals surface area contributed by atoms with E-state index in [1.807, 2.05) is 6.92 Å². The van der Waals surface area contributed by atoms with E-state index in [-0.39, 0.29) is 17.4 Å². The Morgan fingerprint density at radius 3 is 2.65 bits per heavy atom. The third kappa shape index (κ3) is 3.90. The van der Waals surface area contributed by atoms with Crippen LogP contribution in [0.3, 0.4) is 0 Å². The quantitative estimate of drug-likeness (QED) is 0.877. The molecule has 1 heterocycles. The number of benzene rings is 1. The average molecular weight is 295 g/mol. The van der Waals surface area contributed by atoms with E-state index < -0.39 is 10.8 Å². The van der Waals surface area contributed by atoms with Crippen LogP contribution in [0.5, 0.6) is 0 Å². The fourth-order valence-electron chi connectivity index (χ4n) is 2.52. The first-order valence-electron chi connectivity index (χ1n) is 7.45. The second-order valence-electron chi connectivity index (χ2n) is 5.51. The molecule has 2 N–H and O–H groups in total. The Bertz CT molecular complexity index is 440. The van der Waals surface area contributed by atoms with Gasteiger partial charge in [-0.3, -0.25) is 4.21 Å². The van der Waals surface area contributed by atoms with Crippen LogP contribution in [-0.4, -0.2) is 27.9 Å². The van der Waals surface area contributed by atoms with Gasteiger partial charge >= 0.3 is 0 Å². The van der Waals surface area contributed by atoms with Crippen molar-refractivity contribution in [2.45, 2.75) is 50.5 Å². The lowest BCUT2D eigenvalue weighted by Gasteiger charge is -2.21. The van der Waals surface area contributed by atoms with Crippen LogP contribution in [-0.2, 0) is 22.0 Å². The molecule has 0 bridgehead atoms. The molecule has 0 radical (unpaired) electrons. The lowest BCUT2D eigenvalue weighted by molar-refractivity contribution is 0.128. The molecule has 0 amide bonds. The van der Waals surface area contributed by atoms with E-state index in [4.69, 9.17) is 10.5 Å². The van der Waals surface area contributed by atoms with Gasteiger partial charge in [-0.15, -0.1) is 0 Å². The number of aryl methyl sites for hydroxylation is 1. The minimum atomic E-state index is -0.942. The van der Waals surface area contributed by atoms with Crippen LogP contribution in [0.25, 0.3) is 0 Å². The molecule has 0 aliphatic carbocycles. The number of rotatable bonds is 6. The van der Waals surface area contributed by atoms with E-state index in [1.165, 1.54) is 5.56 Å². The van der Waals surface area contributed by atoms with Crippen molar-refractivity contribution in [1.29, 1.82) is 0 Å². The van der Waals surface area contributed by atoms with Crippen LogP contribution in [0, 0.1) is 0 Å². The highest BCUT2D eigenvalue weighted by Gasteiger charge is 2.25. The van der Waals surface area contributed by atoms with Crippen LogP contribution >= 0.6 is 0 Å². The molecule has 1 saturated heterocycles. The summed E-state index contributed by atoms with van der Waals surface area (Å²) in [6.45, 7) is 4.92. The molecule has 1 aromatic carbocycles. The lowest BCUT2D eigenvalue weighted by atomic mass is 10.0. The van der Waals surface area contributed by atoms with E-state index in [1.54, 1.807) is 0 Å². The van der Waals surface area contributed by atoms with Crippen LogP contribution in [0.1, 0.15) is 43.9 Å². The Hall–Kier alpha value is -0.710. The number of hydrogen-bond acceptors (Lipinski definition) is 3. The summed E-state index contributed by atoms with van der Waals surface area (Å²) in [4.78, 5) is 0. The highest BCUT2D eigenvalue weighted by molar-refractivity contribution is 7.85. The molecule has 1 aliphatic rings. The minimum Gasteiger partial charge on any atom is -0.377 e. The molecule has 0 spiro atoms. The topological polar surface area (TPSA) is 52.3 Å². The zero-order valence-corrected chi connectivity index (χ0v) is 13.2. The predicted molar refractivity (Wildman–Crippen MR) is 84.2 cm³/mol. The minimum absolute atomic E-state index is 0.0494. The molecule has 1 aromatic rings. The lowest BCUT2D eigenvalue weighted by Crippen LogP contribution is -2.31. The van der Waals surface area contributed by atoms with Crippen molar-refractivity contribution in [1.82, 2.24) is 0 Å². The molecule has 0 aromatic heterocycles. The van der Waals surface area contributed by atoms with Crippen LogP contribution in [0.2, 0.25) is 0 Å². The standard InChI is InChI=1S/C16H25NO2S/c1-3-13-6-8-14(9-7-13)16(17)12(2)20(18)11-15-5-4-10-19-15/h6-9,12,15-16H,3-5,10-11,17H2,1-2H3. The Kier molecular flexibility index (Phi) is 5.75. The molecule has 20 heavy (non-hydrogen) atoms. The highest BCUT2D eigenvalue weighted by atomic mass is 32.2. The predicted octanol–water partition coefficient (Wildman–Crippen LogP) is 2.57. The molecule has 0 saturated carbocycles. The Morgan fingerprint density at radius 1 is 1.40 bits per heavy atom. The van der Waals surface area contributed by atoms with Gasteiger partial charge in [0.1, 0.15) is 0 Å². The Morgan fingerprint density at radius 2 is 2.10 bits per heavy atom. The Balaban J connectivity index is 1.95. The van der Waals surface area contributed by atoms with Crippen molar-refractivity contribution < 1.29 is 8.95 Å². The maximum Gasteiger partial charge on any atom is 0.0691 e. The van der Waals surface area contributed by atoms with E-state index in [0.717, 1.165) is 31.4 Å². The largest absolute Gasteiger partial charge is 0.377 e. The normalized spacial score (nSPS) is 23.4. The SMILES string of the molecule is CCc1ccc(C(N)C(C)S(=O)CC2CCCO2)cc1. The highest BCUT2D eigenvalue weighted by Crippen LogP contribution is 2.21. The van der Waals surface area contributed by atoms with Gasteiger partial charge in [0.05, 0.1) is 17.1 Å². The zero-order valence-electron chi connectivity index (χ0n) is 12.4. The van der Waals surface area contributed by atoms with E-state index in [0.29, 0.717) is 5.75 Å². The molecule has 4 unspecified atom stereocenters. The first-order valence-corrected chi connectivity index (χ1v) is 8.83. The number of hydrogen-bond donors (Lipinski definition) is 1. The zero-order chi connectivity index (χ0) is 14.5. The van der Waals surface area contributed by atoms with Crippen LogP contribution in [0.4, 0.5) is 0 Å². The van der Waals surface area contributed by atoms with E-state index >= 15 is 0 Å². The maximum atomic E-state index is 12.4. The van der Waals surface area contributed by atoms with Crippen LogP contribution < -0.4 is 5.73 Å². The first-order chi connectivity index (χ1) is 9.61. The van der Waals surface area contributed by atoms with Crippen molar-refractivity contribution in [3.8, 4) is 0 Å². The fourth-order valence-corrected chi connectivity index (χ4v) is 3.94. The monoisotopic (exact) mass is 295 g/mol.